The average molecular weight is 223 g/mol. The van der Waals surface area contributed by atoms with Gasteiger partial charge in [0.05, 0.1) is 6.54 Å². The van der Waals surface area contributed by atoms with Crippen LogP contribution in [0.5, 0.6) is 0 Å². The van der Waals surface area contributed by atoms with E-state index in [0.29, 0.717) is 12.0 Å². The molecule has 1 saturated heterocycles. The van der Waals surface area contributed by atoms with Crippen molar-refractivity contribution in [2.24, 2.45) is 11.7 Å². The molecule has 0 bridgehead atoms. The highest BCUT2D eigenvalue weighted by Crippen LogP contribution is 2.16. The molecule has 1 aromatic rings. The van der Waals surface area contributed by atoms with E-state index >= 15 is 0 Å². The number of nitrogens with zero attached hydrogens (tertiary/aromatic N) is 4. The molecule has 2 N–H and O–H groups in total. The maximum Gasteiger partial charge on any atom is 0.140 e. The quantitative estimate of drug-likeness (QED) is 0.809. The number of nitrogens with two attached hydrogens (primary N) is 1. The molecule has 2 atom stereocenters. The summed E-state index contributed by atoms with van der Waals surface area (Å²) in [7, 11) is 0. The zero-order valence-corrected chi connectivity index (χ0v) is 10.1. The number of piperidine rings is 1. The normalized spacial score (nSPS) is 27.2. The van der Waals surface area contributed by atoms with Crippen LogP contribution in [-0.2, 0) is 13.1 Å². The van der Waals surface area contributed by atoms with Crippen LogP contribution >= 0.6 is 0 Å². The number of likely N-dealkylation sites (tertiary alicyclic amines) is 1. The molecule has 2 heterocycles. The van der Waals surface area contributed by atoms with Gasteiger partial charge in [-0.15, -0.1) is 0 Å². The summed E-state index contributed by atoms with van der Waals surface area (Å²) in [5.41, 5.74) is 6.08. The van der Waals surface area contributed by atoms with Crippen LogP contribution in [0.2, 0.25) is 0 Å². The predicted molar refractivity (Wildman–Crippen MR) is 62.7 cm³/mol. The zero-order chi connectivity index (χ0) is 11.5. The van der Waals surface area contributed by atoms with Gasteiger partial charge in [0.15, 0.2) is 0 Å². The predicted octanol–water partition coefficient (Wildman–Crippen LogP) is 0.467. The number of hydrogen-bond donors (Lipinski definition) is 1. The fourth-order valence-electron chi connectivity index (χ4n) is 2.19. The summed E-state index contributed by atoms with van der Waals surface area (Å²) < 4.78 is 1.95. The molecule has 1 aromatic heterocycles. The van der Waals surface area contributed by atoms with E-state index in [9.17, 15) is 0 Å². The Kier molecular flexibility index (Phi) is 3.56. The van der Waals surface area contributed by atoms with Crippen LogP contribution in [0.3, 0.4) is 0 Å². The van der Waals surface area contributed by atoms with Gasteiger partial charge in [-0.25, -0.2) is 9.67 Å². The lowest BCUT2D eigenvalue weighted by atomic mass is 9.94. The topological polar surface area (TPSA) is 60.0 Å². The third kappa shape index (κ3) is 2.41. The maximum absolute atomic E-state index is 6.08. The van der Waals surface area contributed by atoms with Gasteiger partial charge in [0.25, 0.3) is 0 Å². The SMILES string of the molecule is CCn1ncnc1CN1CCC(C)C(N)C1. The maximum atomic E-state index is 6.08. The molecule has 16 heavy (non-hydrogen) atoms. The first kappa shape index (κ1) is 11.5. The van der Waals surface area contributed by atoms with Crippen LogP contribution in [-0.4, -0.2) is 38.8 Å². The third-order valence-electron chi connectivity index (χ3n) is 3.46. The average Bonchev–Trinajstić information content (AvgIpc) is 2.71. The van der Waals surface area contributed by atoms with Crippen LogP contribution in [0, 0.1) is 5.92 Å². The lowest BCUT2D eigenvalue weighted by Crippen LogP contribution is -2.47. The molecule has 2 rings (SSSR count). The second-order valence-corrected chi connectivity index (χ2v) is 4.66. The van der Waals surface area contributed by atoms with Crippen molar-refractivity contribution in [2.75, 3.05) is 13.1 Å². The highest BCUT2D eigenvalue weighted by atomic mass is 15.3. The third-order valence-corrected chi connectivity index (χ3v) is 3.46. The Balaban J connectivity index is 1.95. The molecule has 0 aliphatic carbocycles. The van der Waals surface area contributed by atoms with Crippen molar-refractivity contribution in [1.82, 2.24) is 19.7 Å². The zero-order valence-electron chi connectivity index (χ0n) is 10.1. The molecule has 1 fully saturated rings. The van der Waals surface area contributed by atoms with Crippen molar-refractivity contribution in [2.45, 2.75) is 39.4 Å². The molecular formula is C11H21N5. The minimum atomic E-state index is 0.298. The van der Waals surface area contributed by atoms with Crippen LogP contribution in [0.4, 0.5) is 0 Å². The summed E-state index contributed by atoms with van der Waals surface area (Å²) in [5, 5.41) is 4.18. The van der Waals surface area contributed by atoms with E-state index in [1.165, 1.54) is 6.42 Å². The standard InChI is InChI=1S/C11H21N5/c1-3-16-11(13-8-14-16)7-15-5-4-9(2)10(12)6-15/h8-10H,3-7,12H2,1-2H3. The largest absolute Gasteiger partial charge is 0.326 e. The Morgan fingerprint density at radius 3 is 3.06 bits per heavy atom. The second-order valence-electron chi connectivity index (χ2n) is 4.66. The highest BCUT2D eigenvalue weighted by Gasteiger charge is 2.23. The number of hydrogen-bond acceptors (Lipinski definition) is 4. The fraction of sp³-hybridized carbons (Fsp3) is 0.818. The minimum Gasteiger partial charge on any atom is -0.326 e. The van der Waals surface area contributed by atoms with Crippen molar-refractivity contribution >= 4 is 0 Å². The van der Waals surface area contributed by atoms with E-state index < -0.39 is 0 Å². The molecule has 0 aromatic carbocycles. The van der Waals surface area contributed by atoms with Crippen LogP contribution in [0.15, 0.2) is 6.33 Å². The molecule has 2 unspecified atom stereocenters. The van der Waals surface area contributed by atoms with E-state index in [0.717, 1.165) is 32.0 Å². The molecular weight excluding hydrogens is 202 g/mol. The Hall–Kier alpha value is -0.940. The molecule has 0 radical (unpaired) electrons. The molecule has 5 nitrogen and oxygen atoms in total. The van der Waals surface area contributed by atoms with E-state index in [1.54, 1.807) is 6.33 Å². The number of aryl methyl sites for hydroxylation is 1. The molecule has 90 valence electrons. The lowest BCUT2D eigenvalue weighted by molar-refractivity contribution is 0.157. The first-order chi connectivity index (χ1) is 7.70. The second kappa shape index (κ2) is 4.93. The Morgan fingerprint density at radius 1 is 1.56 bits per heavy atom. The van der Waals surface area contributed by atoms with E-state index in [-0.39, 0.29) is 0 Å². The van der Waals surface area contributed by atoms with Crippen molar-refractivity contribution < 1.29 is 0 Å². The Labute approximate surface area is 96.6 Å². The van der Waals surface area contributed by atoms with Gasteiger partial charge in [0.2, 0.25) is 0 Å². The summed E-state index contributed by atoms with van der Waals surface area (Å²) in [6.07, 6.45) is 2.81. The lowest BCUT2D eigenvalue weighted by Gasteiger charge is -2.34. The Morgan fingerprint density at radius 2 is 2.38 bits per heavy atom. The van der Waals surface area contributed by atoms with Gasteiger partial charge in [-0.05, 0) is 25.8 Å². The smallest absolute Gasteiger partial charge is 0.140 e. The van der Waals surface area contributed by atoms with Gasteiger partial charge in [-0.3, -0.25) is 4.90 Å². The van der Waals surface area contributed by atoms with Gasteiger partial charge in [-0.1, -0.05) is 6.92 Å². The van der Waals surface area contributed by atoms with Crippen molar-refractivity contribution in [1.29, 1.82) is 0 Å². The van der Waals surface area contributed by atoms with Crippen molar-refractivity contribution in [3.63, 3.8) is 0 Å². The van der Waals surface area contributed by atoms with Gasteiger partial charge < -0.3 is 5.73 Å². The van der Waals surface area contributed by atoms with Gasteiger partial charge >= 0.3 is 0 Å². The van der Waals surface area contributed by atoms with Crippen molar-refractivity contribution in [3.8, 4) is 0 Å². The molecule has 0 spiro atoms. The minimum absolute atomic E-state index is 0.298. The van der Waals surface area contributed by atoms with Gasteiger partial charge in [-0.2, -0.15) is 5.10 Å². The highest BCUT2D eigenvalue weighted by molar-refractivity contribution is 4.88. The van der Waals surface area contributed by atoms with Gasteiger partial charge in [0, 0.05) is 19.1 Å². The van der Waals surface area contributed by atoms with Crippen LogP contribution < -0.4 is 5.73 Å². The van der Waals surface area contributed by atoms with Crippen LogP contribution in [0.25, 0.3) is 0 Å². The number of aromatic nitrogens is 3. The molecule has 1 aliphatic rings. The summed E-state index contributed by atoms with van der Waals surface area (Å²) in [4.78, 5) is 6.67. The van der Waals surface area contributed by atoms with Gasteiger partial charge in [0.1, 0.15) is 12.2 Å². The summed E-state index contributed by atoms with van der Waals surface area (Å²) in [5.74, 6) is 1.68. The first-order valence-corrected chi connectivity index (χ1v) is 6.05. The van der Waals surface area contributed by atoms with Crippen molar-refractivity contribution in [3.05, 3.63) is 12.2 Å². The Bertz CT molecular complexity index is 335. The number of rotatable bonds is 3. The van der Waals surface area contributed by atoms with Crippen LogP contribution in [0.1, 0.15) is 26.1 Å². The molecule has 0 amide bonds. The van der Waals surface area contributed by atoms with E-state index in [1.807, 2.05) is 4.68 Å². The van der Waals surface area contributed by atoms with E-state index in [2.05, 4.69) is 28.8 Å². The molecule has 1 aliphatic heterocycles. The summed E-state index contributed by atoms with van der Waals surface area (Å²) in [6.45, 7) is 8.15. The monoisotopic (exact) mass is 223 g/mol. The summed E-state index contributed by atoms with van der Waals surface area (Å²) >= 11 is 0. The fourth-order valence-corrected chi connectivity index (χ4v) is 2.19. The summed E-state index contributed by atoms with van der Waals surface area (Å²) in [6, 6.07) is 0.298. The van der Waals surface area contributed by atoms with E-state index in [4.69, 9.17) is 5.73 Å². The first-order valence-electron chi connectivity index (χ1n) is 6.05. The molecule has 5 heteroatoms. The molecule has 0 saturated carbocycles.